The maximum atomic E-state index is 13.9. The van der Waals surface area contributed by atoms with Crippen LogP contribution in [-0.2, 0) is 0 Å². The summed E-state index contributed by atoms with van der Waals surface area (Å²) in [6.07, 6.45) is 1.28. The molecule has 11 heteroatoms. The number of halogens is 3. The molecule has 0 spiro atoms. The van der Waals surface area contributed by atoms with Gasteiger partial charge in [-0.1, -0.05) is 17.7 Å². The van der Waals surface area contributed by atoms with Gasteiger partial charge in [-0.3, -0.25) is 4.40 Å². The van der Waals surface area contributed by atoms with Crippen molar-refractivity contribution >= 4 is 45.8 Å². The molecule has 1 aliphatic rings. The lowest BCUT2D eigenvalue weighted by molar-refractivity contribution is -0.0222. The zero-order valence-electron chi connectivity index (χ0n) is 20.0. The molecule has 0 bridgehead atoms. The highest BCUT2D eigenvalue weighted by Gasteiger charge is 2.35. The number of alkyl halides is 2. The Balaban J connectivity index is 1.65. The molecule has 188 valence electrons. The summed E-state index contributed by atoms with van der Waals surface area (Å²) in [7, 11) is 0. The minimum absolute atomic E-state index is 0.0853. The summed E-state index contributed by atoms with van der Waals surface area (Å²) in [6, 6.07) is 6.73. The van der Waals surface area contributed by atoms with Gasteiger partial charge in [-0.15, -0.1) is 0 Å². The maximum Gasteiger partial charge on any atom is 0.356 e. The van der Waals surface area contributed by atoms with E-state index in [0.717, 1.165) is 22.2 Å². The van der Waals surface area contributed by atoms with Crippen molar-refractivity contribution < 1.29 is 18.7 Å². The number of aryl methyl sites for hydroxylation is 2. The van der Waals surface area contributed by atoms with E-state index in [1.807, 2.05) is 42.2 Å². The molecule has 36 heavy (non-hydrogen) atoms. The van der Waals surface area contributed by atoms with Crippen LogP contribution in [0.4, 0.5) is 20.4 Å². The summed E-state index contributed by atoms with van der Waals surface area (Å²) in [6.45, 7) is 6.15. The first-order valence-electron chi connectivity index (χ1n) is 11.6. The number of carboxylic acid groups (broad SMARTS) is 1. The molecule has 1 aliphatic heterocycles. The molecular weight excluding hydrogens is 490 g/mol. The Kier molecular flexibility index (Phi) is 5.94. The van der Waals surface area contributed by atoms with E-state index >= 15 is 0 Å². The lowest BCUT2D eigenvalue weighted by Gasteiger charge is -2.33. The fraction of sp³-hybridized carbons (Fsp3) is 0.360. The third-order valence-corrected chi connectivity index (χ3v) is 6.77. The zero-order chi connectivity index (χ0) is 25.8. The molecule has 1 fully saturated rings. The molecule has 0 saturated carbocycles. The van der Waals surface area contributed by atoms with E-state index in [0.29, 0.717) is 22.8 Å². The van der Waals surface area contributed by atoms with Crippen molar-refractivity contribution in [3.63, 3.8) is 0 Å². The number of nitrogens with one attached hydrogen (secondary N) is 1. The number of carboxylic acids is 1. The number of aromatic carboxylic acids is 1. The smallest absolute Gasteiger partial charge is 0.356 e. The van der Waals surface area contributed by atoms with Crippen LogP contribution in [0.5, 0.6) is 0 Å². The number of anilines is 2. The number of hydrogen-bond acceptors (Lipinski definition) is 6. The van der Waals surface area contributed by atoms with Gasteiger partial charge in [0.05, 0.1) is 17.2 Å². The van der Waals surface area contributed by atoms with Crippen LogP contribution >= 0.6 is 11.6 Å². The fourth-order valence-corrected chi connectivity index (χ4v) is 4.88. The average Bonchev–Trinajstić information content (AvgIpc) is 3.21. The van der Waals surface area contributed by atoms with E-state index in [1.165, 1.54) is 6.07 Å². The number of carbonyl (C=O) groups is 1. The standard InChI is InChI=1S/C25H25ClF2N6O2/c1-13-10-16(15(3)30-18-4-5-19(26)31-21(18)23(35)36)20-17(11-13)22-29-12-14(2)34(22)24(32-20)33-8-6-25(27,28)7-9-33/h4-5,10-12,15,30H,6-9H2,1-3H3,(H,35,36)/t15-/m1/s1. The van der Waals surface area contributed by atoms with Gasteiger partial charge in [0.25, 0.3) is 5.92 Å². The topological polar surface area (TPSA) is 95.6 Å². The minimum atomic E-state index is -2.67. The third-order valence-electron chi connectivity index (χ3n) is 6.55. The molecular formula is C25H25ClF2N6O2. The molecule has 0 amide bonds. The van der Waals surface area contributed by atoms with Crippen LogP contribution in [0.1, 0.15) is 53.1 Å². The number of hydrogen-bond donors (Lipinski definition) is 2. The summed E-state index contributed by atoms with van der Waals surface area (Å²) in [5, 5.41) is 13.7. The van der Waals surface area contributed by atoms with Gasteiger partial charge in [0.15, 0.2) is 5.69 Å². The number of aromatic nitrogens is 4. The van der Waals surface area contributed by atoms with Crippen molar-refractivity contribution in [3.05, 3.63) is 58.1 Å². The molecule has 0 aliphatic carbocycles. The third kappa shape index (κ3) is 4.30. The van der Waals surface area contributed by atoms with Crippen molar-refractivity contribution in [3.8, 4) is 0 Å². The van der Waals surface area contributed by atoms with E-state index in [2.05, 4.69) is 15.3 Å². The Labute approximate surface area is 210 Å². The van der Waals surface area contributed by atoms with Gasteiger partial charge in [0, 0.05) is 48.8 Å². The zero-order valence-corrected chi connectivity index (χ0v) is 20.8. The van der Waals surface area contributed by atoms with E-state index in [-0.39, 0.29) is 42.8 Å². The lowest BCUT2D eigenvalue weighted by atomic mass is 10.0. The molecule has 5 rings (SSSR count). The van der Waals surface area contributed by atoms with Crippen molar-refractivity contribution in [2.24, 2.45) is 0 Å². The first kappa shape index (κ1) is 24.2. The van der Waals surface area contributed by atoms with E-state index < -0.39 is 11.9 Å². The van der Waals surface area contributed by atoms with Gasteiger partial charge in [0.1, 0.15) is 10.8 Å². The van der Waals surface area contributed by atoms with Crippen LogP contribution < -0.4 is 10.2 Å². The van der Waals surface area contributed by atoms with Crippen LogP contribution in [0.2, 0.25) is 5.15 Å². The van der Waals surface area contributed by atoms with Crippen molar-refractivity contribution in [1.29, 1.82) is 0 Å². The van der Waals surface area contributed by atoms with Crippen molar-refractivity contribution in [2.45, 2.75) is 45.6 Å². The normalized spacial score (nSPS) is 16.4. The van der Waals surface area contributed by atoms with Crippen molar-refractivity contribution in [2.75, 3.05) is 23.3 Å². The average molecular weight is 515 g/mol. The SMILES string of the molecule is Cc1cc([C@@H](C)Nc2ccc(Cl)nc2C(=O)O)c2nc(N3CCC(F)(F)CC3)n3c(C)cnc3c2c1. The number of rotatable bonds is 5. The number of pyridine rings is 1. The van der Waals surface area contributed by atoms with Gasteiger partial charge < -0.3 is 15.3 Å². The Morgan fingerprint density at radius 3 is 2.61 bits per heavy atom. The predicted molar refractivity (Wildman–Crippen MR) is 135 cm³/mol. The van der Waals surface area contributed by atoms with Gasteiger partial charge in [-0.25, -0.2) is 28.5 Å². The molecule has 2 N–H and O–H groups in total. The van der Waals surface area contributed by atoms with Gasteiger partial charge in [0.2, 0.25) is 5.95 Å². The van der Waals surface area contributed by atoms with Gasteiger partial charge in [-0.2, -0.15) is 0 Å². The molecule has 3 aromatic heterocycles. The number of benzene rings is 1. The second kappa shape index (κ2) is 8.85. The molecule has 1 atom stereocenters. The minimum Gasteiger partial charge on any atom is -0.476 e. The molecule has 0 unspecified atom stereocenters. The predicted octanol–water partition coefficient (Wildman–Crippen LogP) is 5.65. The maximum absolute atomic E-state index is 13.9. The molecule has 0 radical (unpaired) electrons. The Morgan fingerprint density at radius 2 is 1.92 bits per heavy atom. The highest BCUT2D eigenvalue weighted by molar-refractivity contribution is 6.29. The fourth-order valence-electron chi connectivity index (χ4n) is 4.73. The first-order chi connectivity index (χ1) is 17.0. The number of imidazole rings is 1. The summed E-state index contributed by atoms with van der Waals surface area (Å²) >= 11 is 5.91. The van der Waals surface area contributed by atoms with Crippen LogP contribution in [0.15, 0.2) is 30.5 Å². The molecule has 4 heterocycles. The Bertz CT molecular complexity index is 1500. The first-order valence-corrected chi connectivity index (χ1v) is 12.0. The van der Waals surface area contributed by atoms with Crippen LogP contribution in [0.3, 0.4) is 0 Å². The number of nitrogens with zero attached hydrogens (tertiary/aromatic N) is 5. The summed E-state index contributed by atoms with van der Waals surface area (Å²) < 4.78 is 29.7. The second-order valence-corrected chi connectivity index (χ2v) is 9.65. The van der Waals surface area contributed by atoms with Gasteiger partial charge in [-0.05, 0) is 44.5 Å². The molecule has 8 nitrogen and oxygen atoms in total. The van der Waals surface area contributed by atoms with E-state index in [1.54, 1.807) is 12.3 Å². The van der Waals surface area contributed by atoms with Gasteiger partial charge >= 0.3 is 5.97 Å². The van der Waals surface area contributed by atoms with Crippen molar-refractivity contribution in [1.82, 2.24) is 19.4 Å². The monoisotopic (exact) mass is 514 g/mol. The van der Waals surface area contributed by atoms with Crippen LogP contribution in [0, 0.1) is 13.8 Å². The lowest BCUT2D eigenvalue weighted by Crippen LogP contribution is -2.40. The molecule has 1 aromatic carbocycles. The highest BCUT2D eigenvalue weighted by Crippen LogP contribution is 2.35. The van der Waals surface area contributed by atoms with E-state index in [9.17, 15) is 18.7 Å². The summed E-state index contributed by atoms with van der Waals surface area (Å²) in [5.74, 6) is -3.30. The Hall–Kier alpha value is -3.53. The second-order valence-electron chi connectivity index (χ2n) is 9.27. The Morgan fingerprint density at radius 1 is 1.19 bits per heavy atom. The number of fused-ring (bicyclic) bond motifs is 3. The largest absolute Gasteiger partial charge is 0.476 e. The van der Waals surface area contributed by atoms with Crippen LogP contribution in [0.25, 0.3) is 16.6 Å². The summed E-state index contributed by atoms with van der Waals surface area (Å²) in [5.41, 5.74) is 4.17. The van der Waals surface area contributed by atoms with Crippen LogP contribution in [-0.4, -0.2) is 49.4 Å². The molecule has 1 saturated heterocycles. The highest BCUT2D eigenvalue weighted by atomic mass is 35.5. The van der Waals surface area contributed by atoms with E-state index in [4.69, 9.17) is 16.6 Å². The molecule has 4 aromatic rings. The summed E-state index contributed by atoms with van der Waals surface area (Å²) in [4.78, 5) is 27.2. The quantitative estimate of drug-likeness (QED) is 0.332. The number of piperidine rings is 1.